The zero-order chi connectivity index (χ0) is 23.6. The maximum absolute atomic E-state index is 6.31. The van der Waals surface area contributed by atoms with E-state index in [1.54, 1.807) is 0 Å². The normalized spacial score (nSPS) is 18.1. The van der Waals surface area contributed by atoms with Gasteiger partial charge < -0.3 is 19.5 Å². The molecular formula is C28H31Cl2NO3. The van der Waals surface area contributed by atoms with Crippen LogP contribution in [0.5, 0.6) is 5.75 Å². The molecule has 1 heterocycles. The molecule has 0 aliphatic carbocycles. The number of piperidine rings is 1. The van der Waals surface area contributed by atoms with Gasteiger partial charge in [0.05, 0.1) is 32.5 Å². The zero-order valence-electron chi connectivity index (χ0n) is 19.2. The minimum absolute atomic E-state index is 0.0506. The second-order valence-electron chi connectivity index (χ2n) is 8.46. The highest BCUT2D eigenvalue weighted by molar-refractivity contribution is 6.35. The summed E-state index contributed by atoms with van der Waals surface area (Å²) in [4.78, 5) is 0. The van der Waals surface area contributed by atoms with Crippen molar-refractivity contribution in [1.82, 2.24) is 5.32 Å². The number of hydrogen-bond acceptors (Lipinski definition) is 4. The molecule has 1 saturated heterocycles. The highest BCUT2D eigenvalue weighted by atomic mass is 35.5. The summed E-state index contributed by atoms with van der Waals surface area (Å²) in [6, 6.07) is 24.1. The summed E-state index contributed by atoms with van der Waals surface area (Å²) in [5.41, 5.74) is 3.29. The van der Waals surface area contributed by atoms with Gasteiger partial charge in [-0.1, -0.05) is 71.7 Å². The monoisotopic (exact) mass is 499 g/mol. The van der Waals surface area contributed by atoms with E-state index in [0.717, 1.165) is 37.2 Å². The smallest absolute Gasteiger partial charge is 0.119 e. The molecule has 1 aliphatic rings. The fraction of sp³-hybridized carbons (Fsp3) is 0.357. The van der Waals surface area contributed by atoms with Crippen LogP contribution < -0.4 is 10.1 Å². The molecule has 3 aromatic carbocycles. The molecule has 34 heavy (non-hydrogen) atoms. The highest BCUT2D eigenvalue weighted by Crippen LogP contribution is 2.31. The van der Waals surface area contributed by atoms with Crippen LogP contribution in [0.2, 0.25) is 10.0 Å². The first-order valence-corrected chi connectivity index (χ1v) is 12.6. The summed E-state index contributed by atoms with van der Waals surface area (Å²) in [7, 11) is 0. The summed E-state index contributed by atoms with van der Waals surface area (Å²) in [5.74, 6) is 1.18. The lowest BCUT2D eigenvalue weighted by atomic mass is 9.87. The van der Waals surface area contributed by atoms with Crippen molar-refractivity contribution in [3.8, 4) is 5.75 Å². The van der Waals surface area contributed by atoms with E-state index < -0.39 is 0 Å². The Bertz CT molecular complexity index is 994. The molecule has 0 saturated carbocycles. The number of ether oxygens (including phenoxy) is 3. The Labute approximate surface area is 212 Å². The summed E-state index contributed by atoms with van der Waals surface area (Å²) in [6.45, 7) is 4.11. The van der Waals surface area contributed by atoms with E-state index >= 15 is 0 Å². The molecule has 1 fully saturated rings. The van der Waals surface area contributed by atoms with Crippen molar-refractivity contribution in [1.29, 1.82) is 0 Å². The minimum Gasteiger partial charge on any atom is -0.494 e. The van der Waals surface area contributed by atoms with Crippen LogP contribution in [-0.2, 0) is 22.7 Å². The molecule has 4 nitrogen and oxygen atoms in total. The van der Waals surface area contributed by atoms with Crippen LogP contribution in [0.25, 0.3) is 0 Å². The molecule has 4 rings (SSSR count). The number of benzene rings is 3. The molecule has 0 amide bonds. The zero-order valence-corrected chi connectivity index (χ0v) is 20.7. The lowest BCUT2D eigenvalue weighted by Crippen LogP contribution is -2.41. The summed E-state index contributed by atoms with van der Waals surface area (Å²) >= 11 is 12.6. The van der Waals surface area contributed by atoms with E-state index in [1.165, 1.54) is 11.1 Å². The van der Waals surface area contributed by atoms with Gasteiger partial charge in [0.25, 0.3) is 0 Å². The average Bonchev–Trinajstić information content (AvgIpc) is 2.87. The Morgan fingerprint density at radius 1 is 0.824 bits per heavy atom. The third-order valence-corrected chi connectivity index (χ3v) is 6.76. The fourth-order valence-corrected chi connectivity index (χ4v) is 4.68. The van der Waals surface area contributed by atoms with Crippen molar-refractivity contribution in [3.05, 3.63) is 99.5 Å². The molecular weight excluding hydrogens is 469 g/mol. The van der Waals surface area contributed by atoms with Crippen molar-refractivity contribution in [2.75, 3.05) is 26.3 Å². The van der Waals surface area contributed by atoms with Gasteiger partial charge >= 0.3 is 0 Å². The Morgan fingerprint density at radius 3 is 2.35 bits per heavy atom. The maximum Gasteiger partial charge on any atom is 0.119 e. The van der Waals surface area contributed by atoms with Crippen molar-refractivity contribution >= 4 is 23.2 Å². The predicted octanol–water partition coefficient (Wildman–Crippen LogP) is 6.64. The first kappa shape index (κ1) is 25.0. The van der Waals surface area contributed by atoms with Gasteiger partial charge in [0.2, 0.25) is 0 Å². The number of rotatable bonds is 11. The molecule has 1 aliphatic heterocycles. The van der Waals surface area contributed by atoms with E-state index in [2.05, 4.69) is 29.6 Å². The molecule has 2 unspecified atom stereocenters. The Balaban J connectivity index is 1.23. The van der Waals surface area contributed by atoms with E-state index in [-0.39, 0.29) is 6.10 Å². The number of halogens is 2. The first-order chi connectivity index (χ1) is 16.7. The molecule has 6 heteroatoms. The molecule has 0 spiro atoms. The van der Waals surface area contributed by atoms with Crippen LogP contribution in [0.4, 0.5) is 0 Å². The topological polar surface area (TPSA) is 39.7 Å². The standard InChI is InChI=1S/C28H31Cl2NO3/c29-26-8-4-9-27(30)25(26)20-34-28-18-31-15-14-24(28)22-10-12-23(13-11-22)33-17-5-16-32-19-21-6-2-1-3-7-21/h1-4,6-13,24,28,31H,5,14-20H2. The largest absolute Gasteiger partial charge is 0.494 e. The van der Waals surface area contributed by atoms with Crippen LogP contribution in [0, 0.1) is 0 Å². The van der Waals surface area contributed by atoms with E-state index in [4.69, 9.17) is 37.4 Å². The first-order valence-electron chi connectivity index (χ1n) is 11.8. The minimum atomic E-state index is 0.0506. The number of nitrogens with one attached hydrogen (secondary N) is 1. The highest BCUT2D eigenvalue weighted by Gasteiger charge is 2.27. The molecule has 0 radical (unpaired) electrons. The SMILES string of the molecule is Clc1cccc(Cl)c1COC1CNCCC1c1ccc(OCCCOCc2ccccc2)cc1. The molecule has 0 aromatic heterocycles. The van der Waals surface area contributed by atoms with Crippen molar-refractivity contribution < 1.29 is 14.2 Å². The molecule has 3 aromatic rings. The van der Waals surface area contributed by atoms with Crippen LogP contribution >= 0.6 is 23.2 Å². The summed E-state index contributed by atoms with van der Waals surface area (Å²) in [6.07, 6.45) is 1.91. The van der Waals surface area contributed by atoms with Gasteiger partial charge in [0.15, 0.2) is 0 Å². The van der Waals surface area contributed by atoms with Gasteiger partial charge in [0, 0.05) is 34.5 Å². The fourth-order valence-electron chi connectivity index (χ4n) is 4.17. The van der Waals surface area contributed by atoms with Crippen LogP contribution in [0.15, 0.2) is 72.8 Å². The van der Waals surface area contributed by atoms with Gasteiger partial charge in [-0.2, -0.15) is 0 Å². The van der Waals surface area contributed by atoms with E-state index in [9.17, 15) is 0 Å². The quantitative estimate of drug-likeness (QED) is 0.300. The Morgan fingerprint density at radius 2 is 1.59 bits per heavy atom. The van der Waals surface area contributed by atoms with Crippen LogP contribution in [0.3, 0.4) is 0 Å². The van der Waals surface area contributed by atoms with Crippen LogP contribution in [0.1, 0.15) is 35.4 Å². The lowest BCUT2D eigenvalue weighted by Gasteiger charge is -2.32. The van der Waals surface area contributed by atoms with E-state index in [1.807, 2.05) is 48.5 Å². The predicted molar refractivity (Wildman–Crippen MR) is 138 cm³/mol. The maximum atomic E-state index is 6.31. The van der Waals surface area contributed by atoms with Crippen molar-refractivity contribution in [2.45, 2.75) is 38.1 Å². The van der Waals surface area contributed by atoms with Crippen molar-refractivity contribution in [2.24, 2.45) is 0 Å². The molecule has 0 bridgehead atoms. The average molecular weight is 500 g/mol. The van der Waals surface area contributed by atoms with Gasteiger partial charge in [-0.25, -0.2) is 0 Å². The van der Waals surface area contributed by atoms with Gasteiger partial charge in [0.1, 0.15) is 5.75 Å². The van der Waals surface area contributed by atoms with Crippen LogP contribution in [-0.4, -0.2) is 32.4 Å². The summed E-state index contributed by atoms with van der Waals surface area (Å²) in [5, 5.41) is 4.72. The van der Waals surface area contributed by atoms with Gasteiger partial charge in [-0.3, -0.25) is 0 Å². The number of hydrogen-bond donors (Lipinski definition) is 1. The molecule has 1 N–H and O–H groups in total. The van der Waals surface area contributed by atoms with Gasteiger partial charge in [-0.05, 0) is 48.4 Å². The third kappa shape index (κ3) is 7.21. The third-order valence-electron chi connectivity index (χ3n) is 6.05. The summed E-state index contributed by atoms with van der Waals surface area (Å²) < 4.78 is 17.9. The van der Waals surface area contributed by atoms with E-state index in [0.29, 0.717) is 42.4 Å². The second-order valence-corrected chi connectivity index (χ2v) is 9.27. The molecule has 180 valence electrons. The molecule has 2 atom stereocenters. The second kappa shape index (κ2) is 13.1. The van der Waals surface area contributed by atoms with Gasteiger partial charge in [-0.15, -0.1) is 0 Å². The Hall–Kier alpha value is -2.08. The Kier molecular flexibility index (Phi) is 9.66. The lowest BCUT2D eigenvalue weighted by molar-refractivity contribution is 0.0107. The van der Waals surface area contributed by atoms with Crippen molar-refractivity contribution in [3.63, 3.8) is 0 Å².